The minimum atomic E-state index is -1.54. The molecule has 0 aromatic carbocycles. The number of aliphatic imine (C=N–C) groups is 2. The predicted molar refractivity (Wildman–Crippen MR) is 229 cm³/mol. The number of hydrogen-bond acceptors (Lipinski definition) is 14. The maximum absolute atomic E-state index is 13.7. The Labute approximate surface area is 364 Å². The van der Waals surface area contributed by atoms with E-state index < -0.39 is 115 Å². The molecule has 0 aromatic heterocycles. The number of carboxylic acid groups (broad SMARTS) is 1. The molecule has 1 rings (SSSR count). The molecule has 1 heterocycles. The fourth-order valence-corrected chi connectivity index (χ4v) is 6.57. The number of nitrogens with zero attached hydrogens (tertiary/aromatic N) is 3. The average molecular weight is 903 g/mol. The Kier molecular flexibility index (Phi) is 25.5. The third kappa shape index (κ3) is 19.5. The Morgan fingerprint density at radius 2 is 1.35 bits per heavy atom. The van der Waals surface area contributed by atoms with E-state index in [4.69, 9.17) is 28.7 Å². The number of nitrogens with two attached hydrogens (primary N) is 5. The van der Waals surface area contributed by atoms with Crippen molar-refractivity contribution in [3.63, 3.8) is 0 Å². The van der Waals surface area contributed by atoms with E-state index in [2.05, 4.69) is 41.9 Å². The molecule has 0 radical (unpaired) electrons. The first-order valence-electron chi connectivity index (χ1n) is 20.2. The largest absolute Gasteiger partial charge is 0.480 e. The van der Waals surface area contributed by atoms with Gasteiger partial charge in [-0.05, 0) is 62.9 Å². The van der Waals surface area contributed by atoms with Crippen molar-refractivity contribution >= 4 is 71.0 Å². The van der Waals surface area contributed by atoms with Crippen molar-refractivity contribution in [1.82, 2.24) is 36.8 Å². The van der Waals surface area contributed by atoms with Crippen LogP contribution in [0.2, 0.25) is 0 Å². The Bertz CT molecular complexity index is 1580. The SMILES string of the molecule is CC[C@H](C)[C@H](NC(=O)[C@H](CCSC)NC(=O)[C@@H]1CCCN1C(=O)[C@H](CO)NC(=O)CNC(=O)[C@H](CO)NC(=O)[C@@H](N)CCCN=C(N)N)C(=O)N[C@@H](CCCN=C(N)N)C(=O)O. The van der Waals surface area contributed by atoms with E-state index in [1.807, 2.05) is 0 Å². The molecule has 7 amide bonds. The second-order valence-electron chi connectivity index (χ2n) is 14.6. The van der Waals surface area contributed by atoms with Crippen LogP contribution in [0.3, 0.4) is 0 Å². The number of aliphatic carboxylic acids is 1. The molecule has 8 atom stereocenters. The highest BCUT2D eigenvalue weighted by Crippen LogP contribution is 2.20. The fraction of sp³-hybridized carbons (Fsp3) is 0.722. The third-order valence-corrected chi connectivity index (χ3v) is 10.4. The highest BCUT2D eigenvalue weighted by atomic mass is 32.2. The molecule has 19 N–H and O–H groups in total. The van der Waals surface area contributed by atoms with E-state index in [0.717, 1.165) is 4.90 Å². The number of rotatable bonds is 29. The van der Waals surface area contributed by atoms with Crippen LogP contribution >= 0.6 is 11.8 Å². The van der Waals surface area contributed by atoms with Gasteiger partial charge in [0, 0.05) is 19.6 Å². The molecule has 1 saturated heterocycles. The van der Waals surface area contributed by atoms with E-state index in [-0.39, 0.29) is 63.7 Å². The Balaban J connectivity index is 2.97. The average Bonchev–Trinajstić information content (AvgIpc) is 3.73. The van der Waals surface area contributed by atoms with Crippen LogP contribution < -0.4 is 60.6 Å². The molecule has 0 bridgehead atoms. The zero-order chi connectivity index (χ0) is 46.9. The molecule has 1 fully saturated rings. The van der Waals surface area contributed by atoms with Gasteiger partial charge in [0.05, 0.1) is 25.8 Å². The van der Waals surface area contributed by atoms with Gasteiger partial charge < -0.3 is 80.8 Å². The Hall–Kier alpha value is -5.47. The van der Waals surface area contributed by atoms with Gasteiger partial charge in [-0.25, -0.2) is 4.79 Å². The number of nitrogens with one attached hydrogen (secondary N) is 6. The van der Waals surface area contributed by atoms with E-state index in [9.17, 15) is 53.7 Å². The van der Waals surface area contributed by atoms with Crippen LogP contribution in [0, 0.1) is 5.92 Å². The fourth-order valence-electron chi connectivity index (χ4n) is 6.10. The molecular weight excluding hydrogens is 837 g/mol. The smallest absolute Gasteiger partial charge is 0.326 e. The summed E-state index contributed by atoms with van der Waals surface area (Å²) in [7, 11) is 0. The van der Waals surface area contributed by atoms with Crippen LogP contribution in [0.15, 0.2) is 9.98 Å². The van der Waals surface area contributed by atoms with E-state index in [1.54, 1.807) is 20.1 Å². The molecule has 1 aliphatic rings. The summed E-state index contributed by atoms with van der Waals surface area (Å²) in [6, 6.07) is -8.81. The van der Waals surface area contributed by atoms with Gasteiger partial charge >= 0.3 is 5.97 Å². The van der Waals surface area contributed by atoms with Gasteiger partial charge in [-0.2, -0.15) is 11.8 Å². The van der Waals surface area contributed by atoms with Crippen molar-refractivity contribution in [3.05, 3.63) is 0 Å². The number of guanidine groups is 2. The number of carbonyl (C=O) groups is 8. The summed E-state index contributed by atoms with van der Waals surface area (Å²) in [6.45, 7) is 1.49. The van der Waals surface area contributed by atoms with E-state index >= 15 is 0 Å². The van der Waals surface area contributed by atoms with Crippen molar-refractivity contribution in [1.29, 1.82) is 0 Å². The molecule has 1 aliphatic heterocycles. The van der Waals surface area contributed by atoms with Crippen molar-refractivity contribution in [2.75, 3.05) is 51.4 Å². The molecule has 0 aliphatic carbocycles. The molecule has 0 saturated carbocycles. The lowest BCUT2D eigenvalue weighted by atomic mass is 9.97. The predicted octanol–water partition coefficient (Wildman–Crippen LogP) is -6.18. The number of aliphatic hydroxyl groups excluding tert-OH is 2. The van der Waals surface area contributed by atoms with Gasteiger partial charge in [-0.3, -0.25) is 43.5 Å². The van der Waals surface area contributed by atoms with Crippen LogP contribution in [-0.4, -0.2) is 173 Å². The number of carboxylic acids is 1. The third-order valence-electron chi connectivity index (χ3n) is 9.79. The lowest BCUT2D eigenvalue weighted by molar-refractivity contribution is -0.143. The van der Waals surface area contributed by atoms with Gasteiger partial charge in [0.1, 0.15) is 36.3 Å². The number of carbonyl (C=O) groups excluding carboxylic acids is 7. The first kappa shape index (κ1) is 54.5. The molecule has 26 heteroatoms. The molecular formula is C36H66N14O11S. The summed E-state index contributed by atoms with van der Waals surface area (Å²) in [5.74, 6) is -7.19. The van der Waals surface area contributed by atoms with Gasteiger partial charge in [0.2, 0.25) is 41.4 Å². The topological polar surface area (TPSA) is 427 Å². The van der Waals surface area contributed by atoms with Gasteiger partial charge in [-0.1, -0.05) is 20.3 Å². The zero-order valence-corrected chi connectivity index (χ0v) is 36.3. The minimum absolute atomic E-state index is 0.00696. The number of aliphatic hydroxyl groups is 2. The maximum atomic E-state index is 13.7. The lowest BCUT2D eigenvalue weighted by Crippen LogP contribution is -2.60. The Morgan fingerprint density at radius 1 is 0.758 bits per heavy atom. The zero-order valence-electron chi connectivity index (χ0n) is 35.5. The van der Waals surface area contributed by atoms with Crippen LogP contribution in [0.5, 0.6) is 0 Å². The molecule has 0 unspecified atom stereocenters. The second kappa shape index (κ2) is 28.9. The summed E-state index contributed by atoms with van der Waals surface area (Å²) in [5, 5.41) is 44.1. The number of thioether (sulfide) groups is 1. The van der Waals surface area contributed by atoms with E-state index in [1.165, 1.54) is 11.8 Å². The first-order chi connectivity index (χ1) is 29.3. The lowest BCUT2D eigenvalue weighted by Gasteiger charge is -2.30. The highest BCUT2D eigenvalue weighted by Gasteiger charge is 2.39. The van der Waals surface area contributed by atoms with Crippen molar-refractivity contribution in [3.8, 4) is 0 Å². The summed E-state index contributed by atoms with van der Waals surface area (Å²) in [5.41, 5.74) is 27.0. The standard InChI is InChI=1S/C36H66N14O11S/c1-4-19(2)27(32(58)47-22(34(60)61)9-6-13-43-36(40)41)49-30(56)21(11-15-62-3)46-31(57)25-10-7-14-50(25)33(59)24(18-52)45-26(53)16-44-29(55)23(17-51)48-28(54)20(37)8-5-12-42-35(38)39/h19-25,27,51-52H,4-18,37H2,1-3H3,(H,44,55)(H,45,53)(H,46,57)(H,47,58)(H,48,54)(H,49,56)(H,60,61)(H4,38,39,42)(H4,40,41,43)/t19-,20-,21-,22-,23-,24-,25-,27-/m0/s1. The normalized spacial score (nSPS) is 16.7. The first-order valence-corrected chi connectivity index (χ1v) is 21.6. The molecule has 25 nitrogen and oxygen atoms in total. The van der Waals surface area contributed by atoms with Crippen LogP contribution in [0.1, 0.15) is 65.2 Å². The maximum Gasteiger partial charge on any atom is 0.326 e. The van der Waals surface area contributed by atoms with Gasteiger partial charge in [-0.15, -0.1) is 0 Å². The molecule has 62 heavy (non-hydrogen) atoms. The second-order valence-corrected chi connectivity index (χ2v) is 15.6. The number of hydrogen-bond donors (Lipinski definition) is 14. The molecule has 0 spiro atoms. The van der Waals surface area contributed by atoms with Crippen LogP contribution in [0.4, 0.5) is 0 Å². The molecule has 0 aromatic rings. The summed E-state index contributed by atoms with van der Waals surface area (Å²) in [4.78, 5) is 113. The number of likely N-dealkylation sites (tertiary alicyclic amines) is 1. The highest BCUT2D eigenvalue weighted by molar-refractivity contribution is 7.98. The minimum Gasteiger partial charge on any atom is -0.480 e. The van der Waals surface area contributed by atoms with Crippen molar-refractivity contribution < 1.29 is 53.7 Å². The van der Waals surface area contributed by atoms with Crippen molar-refractivity contribution in [2.24, 2.45) is 44.6 Å². The van der Waals surface area contributed by atoms with Crippen LogP contribution in [0.25, 0.3) is 0 Å². The monoisotopic (exact) mass is 902 g/mol. The van der Waals surface area contributed by atoms with E-state index in [0.29, 0.717) is 25.0 Å². The summed E-state index contributed by atoms with van der Waals surface area (Å²) >= 11 is 1.39. The number of amides is 7. The quantitative estimate of drug-likeness (QED) is 0.0189. The van der Waals surface area contributed by atoms with Gasteiger partial charge in [0.15, 0.2) is 11.9 Å². The van der Waals surface area contributed by atoms with Crippen molar-refractivity contribution in [2.45, 2.75) is 108 Å². The van der Waals surface area contributed by atoms with Gasteiger partial charge in [0.25, 0.3) is 0 Å². The van der Waals surface area contributed by atoms with Crippen LogP contribution in [-0.2, 0) is 38.4 Å². The summed E-state index contributed by atoms with van der Waals surface area (Å²) in [6.07, 6.45) is 3.68. The molecule has 352 valence electrons. The summed E-state index contributed by atoms with van der Waals surface area (Å²) < 4.78 is 0. The Morgan fingerprint density at radius 3 is 1.90 bits per heavy atom.